The third-order valence-electron chi connectivity index (χ3n) is 3.36. The van der Waals surface area contributed by atoms with Crippen molar-refractivity contribution in [3.63, 3.8) is 0 Å². The molecule has 20 heavy (non-hydrogen) atoms. The maximum Gasteiger partial charge on any atom is 0.387 e. The number of nitrogens with zero attached hydrogens (tertiary/aromatic N) is 1. The lowest BCUT2D eigenvalue weighted by Crippen LogP contribution is -2.28. The van der Waals surface area contributed by atoms with Crippen molar-refractivity contribution in [2.45, 2.75) is 26.4 Å². The predicted molar refractivity (Wildman–Crippen MR) is 72.6 cm³/mol. The number of rotatable bonds is 5. The first-order valence-electron chi connectivity index (χ1n) is 6.59. The van der Waals surface area contributed by atoms with Crippen LogP contribution in [-0.2, 0) is 0 Å². The van der Waals surface area contributed by atoms with E-state index in [1.165, 1.54) is 13.2 Å². The molecule has 6 heteroatoms. The zero-order valence-corrected chi connectivity index (χ0v) is 11.5. The number of methoxy groups -OCH3 is 1. The Kier molecular flexibility index (Phi) is 4.76. The Morgan fingerprint density at radius 1 is 1.40 bits per heavy atom. The average molecular weight is 284 g/mol. The van der Waals surface area contributed by atoms with Gasteiger partial charge in [0.2, 0.25) is 0 Å². The zero-order valence-electron chi connectivity index (χ0n) is 11.5. The third kappa shape index (κ3) is 3.18. The van der Waals surface area contributed by atoms with E-state index in [4.69, 9.17) is 4.74 Å². The van der Waals surface area contributed by atoms with Gasteiger partial charge in [0, 0.05) is 18.0 Å². The summed E-state index contributed by atoms with van der Waals surface area (Å²) in [5, 5.41) is 4.34. The Balaban J connectivity index is 2.31. The van der Waals surface area contributed by atoms with Gasteiger partial charge in [-0.05, 0) is 31.0 Å². The summed E-state index contributed by atoms with van der Waals surface area (Å²) in [6.07, 6.45) is 1.99. The molecule has 0 aliphatic carbocycles. The van der Waals surface area contributed by atoms with Gasteiger partial charge in [-0.3, -0.25) is 0 Å². The van der Waals surface area contributed by atoms with Crippen LogP contribution in [0.2, 0.25) is 0 Å². The largest absolute Gasteiger partial charge is 0.493 e. The van der Waals surface area contributed by atoms with Crippen molar-refractivity contribution in [1.29, 1.82) is 0 Å². The van der Waals surface area contributed by atoms with Gasteiger partial charge < -0.3 is 14.9 Å². The molecule has 4 nitrogen and oxygen atoms in total. The molecule has 0 saturated heterocycles. The van der Waals surface area contributed by atoms with E-state index in [1.54, 1.807) is 12.1 Å². The maximum absolute atomic E-state index is 12.3. The molecule has 1 N–H and O–H groups in total. The molecule has 1 heterocycles. The summed E-state index contributed by atoms with van der Waals surface area (Å²) < 4.78 is 34.1. The molecule has 1 aliphatic heterocycles. The number of hydrazone groups is 1. The van der Waals surface area contributed by atoms with Crippen LogP contribution >= 0.6 is 0 Å². The SMILES string of the molecule is CCC1CCNN=C1c1ccc(OC(F)F)c(OC)c1. The molecule has 0 spiro atoms. The fraction of sp³-hybridized carbons (Fsp3) is 0.500. The lowest BCUT2D eigenvalue weighted by molar-refractivity contribution is -0.0512. The van der Waals surface area contributed by atoms with E-state index in [1.807, 2.05) is 0 Å². The van der Waals surface area contributed by atoms with E-state index in [0.717, 1.165) is 30.7 Å². The topological polar surface area (TPSA) is 42.9 Å². The second-order valence-electron chi connectivity index (χ2n) is 4.54. The van der Waals surface area contributed by atoms with Crippen molar-refractivity contribution < 1.29 is 18.3 Å². The third-order valence-corrected chi connectivity index (χ3v) is 3.36. The number of hydrogen-bond donors (Lipinski definition) is 1. The highest BCUT2D eigenvalue weighted by Crippen LogP contribution is 2.31. The number of hydrogen-bond acceptors (Lipinski definition) is 4. The lowest BCUT2D eigenvalue weighted by atomic mass is 9.90. The van der Waals surface area contributed by atoms with Crippen molar-refractivity contribution >= 4 is 5.71 Å². The van der Waals surface area contributed by atoms with Crippen molar-refractivity contribution in [1.82, 2.24) is 5.43 Å². The van der Waals surface area contributed by atoms with Gasteiger partial charge in [0.1, 0.15) is 0 Å². The highest BCUT2D eigenvalue weighted by Gasteiger charge is 2.21. The minimum atomic E-state index is -2.87. The number of ether oxygens (including phenoxy) is 2. The Labute approximate surface area is 116 Å². The molecular formula is C14H18F2N2O2. The van der Waals surface area contributed by atoms with Crippen molar-refractivity contribution in [3.05, 3.63) is 23.8 Å². The fourth-order valence-electron chi connectivity index (χ4n) is 2.33. The van der Waals surface area contributed by atoms with Crippen molar-refractivity contribution in [2.75, 3.05) is 13.7 Å². The molecule has 1 unspecified atom stereocenters. The molecule has 0 fully saturated rings. The van der Waals surface area contributed by atoms with Crippen LogP contribution in [-0.4, -0.2) is 26.0 Å². The molecule has 0 radical (unpaired) electrons. The predicted octanol–water partition coefficient (Wildman–Crippen LogP) is 3.02. The minimum Gasteiger partial charge on any atom is -0.493 e. The van der Waals surface area contributed by atoms with Gasteiger partial charge in [0.25, 0.3) is 0 Å². The zero-order chi connectivity index (χ0) is 14.5. The molecule has 1 aromatic rings. The molecule has 2 rings (SSSR count). The van der Waals surface area contributed by atoms with E-state index in [9.17, 15) is 8.78 Å². The van der Waals surface area contributed by atoms with Gasteiger partial charge in [0.05, 0.1) is 12.8 Å². The smallest absolute Gasteiger partial charge is 0.387 e. The summed E-state index contributed by atoms with van der Waals surface area (Å²) in [6.45, 7) is 0.0924. The Bertz CT molecular complexity index is 492. The highest BCUT2D eigenvalue weighted by atomic mass is 19.3. The van der Waals surface area contributed by atoms with Gasteiger partial charge in [-0.15, -0.1) is 0 Å². The average Bonchev–Trinajstić information content (AvgIpc) is 2.47. The molecule has 0 bridgehead atoms. The Morgan fingerprint density at radius 3 is 2.85 bits per heavy atom. The van der Waals surface area contributed by atoms with E-state index in [-0.39, 0.29) is 11.5 Å². The van der Waals surface area contributed by atoms with E-state index >= 15 is 0 Å². The summed E-state index contributed by atoms with van der Waals surface area (Å²) >= 11 is 0. The van der Waals surface area contributed by atoms with Crippen LogP contribution in [0.4, 0.5) is 8.78 Å². The van der Waals surface area contributed by atoms with E-state index < -0.39 is 6.61 Å². The molecular weight excluding hydrogens is 266 g/mol. The maximum atomic E-state index is 12.3. The summed E-state index contributed by atoms with van der Waals surface area (Å²) in [6, 6.07) is 4.91. The number of nitrogens with one attached hydrogen (secondary N) is 1. The standard InChI is InChI=1S/C14H18F2N2O2/c1-3-9-6-7-17-18-13(9)10-4-5-11(20-14(15)16)12(8-10)19-2/h4-5,8-9,14,17H,3,6-7H2,1-2H3. The van der Waals surface area contributed by atoms with Gasteiger partial charge in [0.15, 0.2) is 11.5 Å². The summed E-state index contributed by atoms with van der Waals surface area (Å²) in [5.41, 5.74) is 4.77. The van der Waals surface area contributed by atoms with Gasteiger partial charge in [-0.2, -0.15) is 13.9 Å². The molecule has 110 valence electrons. The molecule has 0 aromatic heterocycles. The lowest BCUT2D eigenvalue weighted by Gasteiger charge is -2.23. The highest BCUT2D eigenvalue weighted by molar-refractivity contribution is 6.02. The fourth-order valence-corrected chi connectivity index (χ4v) is 2.33. The molecule has 0 saturated carbocycles. The van der Waals surface area contributed by atoms with Crippen LogP contribution in [0.1, 0.15) is 25.3 Å². The summed E-state index contributed by atoms with van der Waals surface area (Å²) in [4.78, 5) is 0. The van der Waals surface area contributed by atoms with Crippen LogP contribution < -0.4 is 14.9 Å². The van der Waals surface area contributed by atoms with Crippen LogP contribution in [0.25, 0.3) is 0 Å². The second kappa shape index (κ2) is 6.54. The van der Waals surface area contributed by atoms with Crippen LogP contribution in [0.3, 0.4) is 0 Å². The molecule has 1 aliphatic rings. The van der Waals surface area contributed by atoms with Gasteiger partial charge in [-0.25, -0.2) is 0 Å². The number of alkyl halides is 2. The summed E-state index contributed by atoms with van der Waals surface area (Å²) in [7, 11) is 1.43. The number of benzene rings is 1. The first-order valence-corrected chi connectivity index (χ1v) is 6.59. The van der Waals surface area contributed by atoms with Crippen LogP contribution in [0.5, 0.6) is 11.5 Å². The molecule has 1 aromatic carbocycles. The second-order valence-corrected chi connectivity index (χ2v) is 4.54. The normalized spacial score (nSPS) is 18.4. The van der Waals surface area contributed by atoms with E-state index in [2.05, 4.69) is 22.2 Å². The Hall–Kier alpha value is -1.85. The monoisotopic (exact) mass is 284 g/mol. The van der Waals surface area contributed by atoms with Crippen molar-refractivity contribution in [2.24, 2.45) is 11.0 Å². The van der Waals surface area contributed by atoms with E-state index in [0.29, 0.717) is 5.92 Å². The molecule has 1 atom stereocenters. The first-order chi connectivity index (χ1) is 9.65. The van der Waals surface area contributed by atoms with Gasteiger partial charge >= 0.3 is 6.61 Å². The summed E-state index contributed by atoms with van der Waals surface area (Å²) in [5.74, 6) is 0.678. The van der Waals surface area contributed by atoms with Gasteiger partial charge in [-0.1, -0.05) is 6.92 Å². The Morgan fingerprint density at radius 2 is 2.20 bits per heavy atom. The quantitative estimate of drug-likeness (QED) is 0.903. The first kappa shape index (κ1) is 14.6. The number of halogens is 2. The van der Waals surface area contributed by atoms with Crippen molar-refractivity contribution in [3.8, 4) is 11.5 Å². The van der Waals surface area contributed by atoms with Crippen LogP contribution in [0.15, 0.2) is 23.3 Å². The molecule has 0 amide bonds. The minimum absolute atomic E-state index is 0.0312. The van der Waals surface area contributed by atoms with Crippen LogP contribution in [0, 0.1) is 5.92 Å².